The average Bonchev–Trinajstić information content (AvgIpc) is 2.49. The summed E-state index contributed by atoms with van der Waals surface area (Å²) in [6.45, 7) is 0. The van der Waals surface area contributed by atoms with Crippen LogP contribution in [0.2, 0.25) is 0 Å². The van der Waals surface area contributed by atoms with Crippen molar-refractivity contribution in [2.75, 3.05) is 0 Å². The van der Waals surface area contributed by atoms with Crippen LogP contribution in [-0.4, -0.2) is 21.8 Å². The number of hydrogen-bond acceptors (Lipinski definition) is 4. The van der Waals surface area contributed by atoms with Gasteiger partial charge >= 0.3 is 11.5 Å². The minimum Gasteiger partial charge on any atom is -0.475 e. The molecule has 0 saturated carbocycles. The Hall–Kier alpha value is -3.02. The van der Waals surface area contributed by atoms with Crippen LogP contribution in [0.5, 0.6) is 0 Å². The molecule has 6 heteroatoms. The molecule has 0 aliphatic rings. The number of rotatable bonds is 5. The maximum absolute atomic E-state index is 12.5. The molecule has 0 bridgehead atoms. The highest BCUT2D eigenvalue weighted by atomic mass is 16.6. The topological polar surface area (TPSA) is 97.5 Å². The number of Topliss-reactive ketones (excluding diaryl/α,β-unsaturated/α-hetero) is 1. The second-order valence-corrected chi connectivity index (χ2v) is 4.33. The predicted molar refractivity (Wildman–Crippen MR) is 73.5 cm³/mol. The fourth-order valence-electron chi connectivity index (χ4n) is 2.10. The quantitative estimate of drug-likeness (QED) is 0.393. The molecule has 0 aromatic heterocycles. The van der Waals surface area contributed by atoms with Crippen LogP contribution in [0, 0.1) is 10.1 Å². The smallest absolute Gasteiger partial charge is 0.402 e. The number of benzene rings is 2. The lowest BCUT2D eigenvalue weighted by atomic mass is 9.83. The van der Waals surface area contributed by atoms with E-state index in [-0.39, 0.29) is 11.1 Å². The molecular formula is C15H11NO5. The van der Waals surface area contributed by atoms with E-state index in [0.717, 1.165) is 0 Å². The molecule has 2 aromatic rings. The molecule has 0 spiro atoms. The lowest BCUT2D eigenvalue weighted by molar-refractivity contribution is -0.543. The lowest BCUT2D eigenvalue weighted by Crippen LogP contribution is -2.50. The zero-order chi connectivity index (χ0) is 15.5. The number of carboxylic acid groups (broad SMARTS) is 1. The first-order valence-corrected chi connectivity index (χ1v) is 6.04. The van der Waals surface area contributed by atoms with Gasteiger partial charge in [0.05, 0.1) is 4.92 Å². The van der Waals surface area contributed by atoms with Crippen LogP contribution < -0.4 is 0 Å². The van der Waals surface area contributed by atoms with Crippen molar-refractivity contribution in [1.29, 1.82) is 0 Å². The van der Waals surface area contributed by atoms with E-state index in [1.54, 1.807) is 12.1 Å². The number of hydrogen-bond donors (Lipinski definition) is 1. The summed E-state index contributed by atoms with van der Waals surface area (Å²) in [5.74, 6) is -2.89. The second-order valence-electron chi connectivity index (χ2n) is 4.33. The van der Waals surface area contributed by atoms with Gasteiger partial charge in [0.15, 0.2) is 0 Å². The first-order chi connectivity index (χ1) is 10.0. The van der Waals surface area contributed by atoms with Gasteiger partial charge in [0.2, 0.25) is 0 Å². The summed E-state index contributed by atoms with van der Waals surface area (Å²) in [6.07, 6.45) is 0. The SMILES string of the molecule is O=C(O)C(C(=O)c1ccccc1)(c1ccccc1)[N+](=O)[O-]. The molecule has 6 nitrogen and oxygen atoms in total. The summed E-state index contributed by atoms with van der Waals surface area (Å²) in [4.78, 5) is 34.6. The van der Waals surface area contributed by atoms with Gasteiger partial charge in [-0.15, -0.1) is 0 Å². The minimum absolute atomic E-state index is 0.0274. The van der Waals surface area contributed by atoms with Gasteiger partial charge in [0.1, 0.15) is 0 Å². The van der Waals surface area contributed by atoms with Crippen LogP contribution in [-0.2, 0) is 10.3 Å². The molecule has 0 radical (unpaired) electrons. The van der Waals surface area contributed by atoms with Gasteiger partial charge in [-0.3, -0.25) is 14.9 Å². The first-order valence-electron chi connectivity index (χ1n) is 6.04. The zero-order valence-electron chi connectivity index (χ0n) is 10.8. The van der Waals surface area contributed by atoms with E-state index in [1.807, 2.05) is 0 Å². The summed E-state index contributed by atoms with van der Waals surface area (Å²) >= 11 is 0. The molecule has 106 valence electrons. The fraction of sp³-hybridized carbons (Fsp3) is 0.0667. The van der Waals surface area contributed by atoms with Crippen molar-refractivity contribution in [2.24, 2.45) is 0 Å². The number of ketones is 1. The van der Waals surface area contributed by atoms with E-state index < -0.39 is 22.2 Å². The Morgan fingerprint density at radius 1 is 0.952 bits per heavy atom. The molecule has 0 aliphatic carbocycles. The van der Waals surface area contributed by atoms with Crippen molar-refractivity contribution in [3.8, 4) is 0 Å². The number of aliphatic carboxylic acids is 1. The van der Waals surface area contributed by atoms with Crippen molar-refractivity contribution >= 4 is 11.8 Å². The van der Waals surface area contributed by atoms with E-state index in [1.165, 1.54) is 48.5 Å². The van der Waals surface area contributed by atoms with Gasteiger partial charge in [0.25, 0.3) is 5.78 Å². The van der Waals surface area contributed by atoms with Crippen molar-refractivity contribution in [2.45, 2.75) is 5.54 Å². The van der Waals surface area contributed by atoms with Crippen molar-refractivity contribution in [1.82, 2.24) is 0 Å². The van der Waals surface area contributed by atoms with Gasteiger partial charge < -0.3 is 5.11 Å². The van der Waals surface area contributed by atoms with Crippen LogP contribution in [0.3, 0.4) is 0 Å². The van der Waals surface area contributed by atoms with Crippen LogP contribution in [0.1, 0.15) is 15.9 Å². The number of carboxylic acids is 1. The summed E-state index contributed by atoms with van der Waals surface area (Å²) < 4.78 is 0. The highest BCUT2D eigenvalue weighted by Gasteiger charge is 2.60. The van der Waals surface area contributed by atoms with E-state index in [0.29, 0.717) is 0 Å². The second kappa shape index (κ2) is 5.54. The maximum atomic E-state index is 12.5. The minimum atomic E-state index is -2.84. The molecule has 21 heavy (non-hydrogen) atoms. The molecule has 0 fully saturated rings. The Labute approximate surface area is 119 Å². The Morgan fingerprint density at radius 2 is 1.43 bits per heavy atom. The van der Waals surface area contributed by atoms with Crippen LogP contribution in [0.25, 0.3) is 0 Å². The van der Waals surface area contributed by atoms with Crippen molar-refractivity contribution < 1.29 is 19.6 Å². The zero-order valence-corrected chi connectivity index (χ0v) is 10.8. The van der Waals surface area contributed by atoms with Crippen LogP contribution in [0.4, 0.5) is 0 Å². The van der Waals surface area contributed by atoms with Gasteiger partial charge in [-0.2, -0.15) is 0 Å². The summed E-state index contributed by atoms with van der Waals surface area (Å²) in [5.41, 5.74) is -3.06. The molecule has 1 unspecified atom stereocenters. The average molecular weight is 285 g/mol. The van der Waals surface area contributed by atoms with Gasteiger partial charge in [-0.25, -0.2) is 4.79 Å². The Kier molecular flexibility index (Phi) is 3.80. The van der Waals surface area contributed by atoms with Gasteiger partial charge in [-0.05, 0) is 0 Å². The molecule has 2 aromatic carbocycles. The third-order valence-corrected chi connectivity index (χ3v) is 3.14. The maximum Gasteiger partial charge on any atom is 0.402 e. The van der Waals surface area contributed by atoms with E-state index in [2.05, 4.69) is 0 Å². The van der Waals surface area contributed by atoms with E-state index in [4.69, 9.17) is 0 Å². The molecule has 1 atom stereocenters. The van der Waals surface area contributed by atoms with Gasteiger partial charge in [0, 0.05) is 11.1 Å². The fourth-order valence-corrected chi connectivity index (χ4v) is 2.10. The van der Waals surface area contributed by atoms with Crippen LogP contribution in [0.15, 0.2) is 60.7 Å². The highest BCUT2D eigenvalue weighted by Crippen LogP contribution is 2.30. The monoisotopic (exact) mass is 285 g/mol. The van der Waals surface area contributed by atoms with Gasteiger partial charge in [-0.1, -0.05) is 60.7 Å². The normalized spacial score (nSPS) is 13.1. The standard InChI is InChI=1S/C15H11NO5/c17-13(11-7-3-1-4-8-11)15(14(18)19,16(20)21)12-9-5-2-6-10-12/h1-10H,(H,18,19). The largest absolute Gasteiger partial charge is 0.475 e. The molecule has 0 aliphatic heterocycles. The van der Waals surface area contributed by atoms with Crippen molar-refractivity contribution in [3.05, 3.63) is 81.9 Å². The Morgan fingerprint density at radius 3 is 1.86 bits per heavy atom. The Bertz CT molecular complexity index is 668. The third-order valence-electron chi connectivity index (χ3n) is 3.14. The first kappa shape index (κ1) is 14.4. The lowest BCUT2D eigenvalue weighted by Gasteiger charge is -2.20. The molecular weight excluding hydrogens is 274 g/mol. The molecule has 0 heterocycles. The number of nitro groups is 1. The van der Waals surface area contributed by atoms with Crippen LogP contribution >= 0.6 is 0 Å². The van der Waals surface area contributed by atoms with E-state index >= 15 is 0 Å². The number of nitrogens with zero attached hydrogens (tertiary/aromatic N) is 1. The summed E-state index contributed by atoms with van der Waals surface area (Å²) in [5, 5.41) is 20.9. The third kappa shape index (κ3) is 2.27. The van der Waals surface area contributed by atoms with E-state index in [9.17, 15) is 24.8 Å². The molecule has 0 amide bonds. The molecule has 0 saturated heterocycles. The number of carbonyl (C=O) groups is 2. The van der Waals surface area contributed by atoms with Crippen molar-refractivity contribution in [3.63, 3.8) is 0 Å². The number of carbonyl (C=O) groups excluding carboxylic acids is 1. The predicted octanol–water partition coefficient (Wildman–Crippen LogP) is 2.13. The highest BCUT2D eigenvalue weighted by molar-refractivity contribution is 6.15. The molecule has 2 rings (SSSR count). The molecule has 1 N–H and O–H groups in total. The summed E-state index contributed by atoms with van der Waals surface area (Å²) in [7, 11) is 0. The summed E-state index contributed by atoms with van der Waals surface area (Å²) in [6, 6.07) is 14.4. The Balaban J connectivity index is 2.70.